The van der Waals surface area contributed by atoms with Crippen LogP contribution in [0.15, 0.2) is 0 Å². The number of esters is 1. The lowest BCUT2D eigenvalue weighted by molar-refractivity contribution is -0.257. The van der Waals surface area contributed by atoms with Gasteiger partial charge >= 0.3 is 33.2 Å². The molecule has 4 bridgehead atoms. The fraction of sp³-hybridized carbons (Fsp3) is 0.938. The summed E-state index contributed by atoms with van der Waals surface area (Å²) in [6.45, 7) is -5.18. The van der Waals surface area contributed by atoms with Gasteiger partial charge < -0.3 is 14.2 Å². The van der Waals surface area contributed by atoms with Crippen molar-refractivity contribution in [2.45, 2.75) is 61.4 Å². The zero-order valence-corrected chi connectivity index (χ0v) is 16.3. The molecule has 2 saturated heterocycles. The molecule has 2 aliphatic heterocycles. The molecular weight excluding hydrogens is 450 g/mol. The second-order valence-corrected chi connectivity index (χ2v) is 9.74. The topological polar surface area (TPSA) is 99.1 Å². The third-order valence-corrected chi connectivity index (χ3v) is 6.70. The molecule has 2 aliphatic carbocycles. The van der Waals surface area contributed by atoms with Crippen LogP contribution >= 0.6 is 0 Å². The van der Waals surface area contributed by atoms with Crippen molar-refractivity contribution < 1.29 is 58.3 Å². The normalized spacial score (nSPS) is 36.2. The van der Waals surface area contributed by atoms with Crippen LogP contribution in [-0.2, 0) is 29.1 Å². The van der Waals surface area contributed by atoms with Crippen molar-refractivity contribution in [3.63, 3.8) is 0 Å². The lowest BCUT2D eigenvalue weighted by Gasteiger charge is -2.48. The summed E-state index contributed by atoms with van der Waals surface area (Å²) in [6, 6.07) is 0. The first-order valence-corrected chi connectivity index (χ1v) is 10.5. The fourth-order valence-corrected chi connectivity index (χ4v) is 4.59. The maximum absolute atomic E-state index is 13.8. The lowest BCUT2D eigenvalue weighted by atomic mass is 9.60. The number of rotatable bonds is 4. The zero-order valence-electron chi connectivity index (χ0n) is 15.5. The summed E-state index contributed by atoms with van der Waals surface area (Å²) in [7, 11) is -5.84. The van der Waals surface area contributed by atoms with Crippen molar-refractivity contribution in [1.29, 1.82) is 0 Å². The van der Waals surface area contributed by atoms with Crippen LogP contribution in [-0.4, -0.2) is 68.1 Å². The summed E-state index contributed by atoms with van der Waals surface area (Å²) in [5.74, 6) is -10.6. The standard InChI is InChI=1S/C16H20F6O7S/c17-14(18)6-27-10-1-9-2-11(28-7-15(14,19)20)5-13(3-9,4-10)12(23)29-8-16(21,22)30(24,25)26/h9-11H,1-8H2,(H,24,25,26). The molecule has 0 radical (unpaired) electrons. The number of hydrogen-bond acceptors (Lipinski definition) is 6. The predicted octanol–water partition coefficient (Wildman–Crippen LogP) is 2.65. The van der Waals surface area contributed by atoms with E-state index in [2.05, 4.69) is 4.74 Å². The first-order chi connectivity index (χ1) is 13.6. The van der Waals surface area contributed by atoms with Gasteiger partial charge in [0.05, 0.1) is 17.6 Å². The third-order valence-electron chi connectivity index (χ3n) is 5.83. The second-order valence-electron chi connectivity index (χ2n) is 8.19. The van der Waals surface area contributed by atoms with E-state index >= 15 is 0 Å². The van der Waals surface area contributed by atoms with Gasteiger partial charge in [-0.3, -0.25) is 9.35 Å². The van der Waals surface area contributed by atoms with Gasteiger partial charge in [0.15, 0.2) is 6.61 Å². The Balaban J connectivity index is 1.83. The minimum Gasteiger partial charge on any atom is -0.458 e. The molecule has 2 heterocycles. The highest BCUT2D eigenvalue weighted by Gasteiger charge is 2.60. The Kier molecular flexibility index (Phi) is 5.87. The molecule has 4 aliphatic rings. The molecule has 4 rings (SSSR count). The molecule has 2 saturated carbocycles. The number of alkyl halides is 6. The van der Waals surface area contributed by atoms with Crippen LogP contribution < -0.4 is 0 Å². The minimum absolute atomic E-state index is 0.0930. The van der Waals surface area contributed by atoms with E-state index in [1.807, 2.05) is 0 Å². The van der Waals surface area contributed by atoms with Gasteiger partial charge in [-0.1, -0.05) is 0 Å². The third kappa shape index (κ3) is 4.41. The Hall–Kier alpha value is -1.12. The quantitative estimate of drug-likeness (QED) is 0.383. The van der Waals surface area contributed by atoms with Crippen molar-refractivity contribution in [2.24, 2.45) is 11.3 Å². The molecule has 2 atom stereocenters. The molecule has 1 N–H and O–H groups in total. The number of hydrogen-bond donors (Lipinski definition) is 1. The molecule has 0 amide bonds. The highest BCUT2D eigenvalue weighted by Crippen LogP contribution is 2.52. The number of ether oxygens (including phenoxy) is 3. The molecule has 30 heavy (non-hydrogen) atoms. The molecule has 0 aromatic heterocycles. The van der Waals surface area contributed by atoms with E-state index in [0.717, 1.165) is 0 Å². The summed E-state index contributed by atoms with van der Waals surface area (Å²) in [6.07, 6.45) is -2.13. The zero-order chi connectivity index (χ0) is 22.6. The van der Waals surface area contributed by atoms with Gasteiger partial charge in [0.25, 0.3) is 0 Å². The molecule has 7 nitrogen and oxygen atoms in total. The van der Waals surface area contributed by atoms with Gasteiger partial charge in [-0.05, 0) is 38.0 Å². The largest absolute Gasteiger partial charge is 0.458 e. The van der Waals surface area contributed by atoms with Crippen LogP contribution in [0.4, 0.5) is 26.3 Å². The summed E-state index contributed by atoms with van der Waals surface area (Å²) in [5, 5.41) is -4.75. The van der Waals surface area contributed by atoms with Gasteiger partial charge in [0.2, 0.25) is 0 Å². The van der Waals surface area contributed by atoms with Crippen molar-refractivity contribution >= 4 is 16.1 Å². The molecule has 0 aromatic carbocycles. The van der Waals surface area contributed by atoms with E-state index in [1.54, 1.807) is 0 Å². The monoisotopic (exact) mass is 470 g/mol. The first kappa shape index (κ1) is 23.5. The Morgan fingerprint density at radius 3 is 1.90 bits per heavy atom. The first-order valence-electron chi connectivity index (χ1n) is 9.08. The van der Waals surface area contributed by atoms with Gasteiger partial charge in [-0.15, -0.1) is 0 Å². The predicted molar refractivity (Wildman–Crippen MR) is 85.8 cm³/mol. The highest BCUT2D eigenvalue weighted by molar-refractivity contribution is 7.86. The fourth-order valence-electron chi connectivity index (χ4n) is 4.38. The number of carbonyl (C=O) groups is 1. The molecule has 2 unspecified atom stereocenters. The second kappa shape index (κ2) is 7.48. The van der Waals surface area contributed by atoms with Gasteiger partial charge in [-0.2, -0.15) is 34.8 Å². The van der Waals surface area contributed by atoms with Crippen molar-refractivity contribution in [3.05, 3.63) is 0 Å². The van der Waals surface area contributed by atoms with Crippen molar-refractivity contribution in [2.75, 3.05) is 19.8 Å². The maximum Gasteiger partial charge on any atom is 0.402 e. The molecule has 0 spiro atoms. The molecule has 14 heteroatoms. The van der Waals surface area contributed by atoms with Gasteiger partial charge in [0, 0.05) is 0 Å². The smallest absolute Gasteiger partial charge is 0.402 e. The van der Waals surface area contributed by atoms with Gasteiger partial charge in [0.1, 0.15) is 13.2 Å². The molecule has 0 aromatic rings. The van der Waals surface area contributed by atoms with E-state index in [1.165, 1.54) is 0 Å². The summed E-state index contributed by atoms with van der Waals surface area (Å²) in [5.41, 5.74) is -1.55. The average Bonchev–Trinajstić information content (AvgIpc) is 2.62. The van der Waals surface area contributed by atoms with Crippen LogP contribution in [0.25, 0.3) is 0 Å². The number of fused-ring (bicyclic) bond motifs is 5. The average molecular weight is 470 g/mol. The summed E-state index contributed by atoms with van der Waals surface area (Å²) >= 11 is 0. The van der Waals surface area contributed by atoms with E-state index in [0.29, 0.717) is 0 Å². The van der Waals surface area contributed by atoms with Crippen LogP contribution in [0.2, 0.25) is 0 Å². The Morgan fingerprint density at radius 1 is 1.00 bits per heavy atom. The van der Waals surface area contributed by atoms with Crippen LogP contribution in [0, 0.1) is 11.3 Å². The van der Waals surface area contributed by atoms with Crippen molar-refractivity contribution in [3.8, 4) is 0 Å². The van der Waals surface area contributed by atoms with Crippen molar-refractivity contribution in [1.82, 2.24) is 0 Å². The highest BCUT2D eigenvalue weighted by atomic mass is 32.2. The van der Waals surface area contributed by atoms with Crippen LogP contribution in [0.5, 0.6) is 0 Å². The number of carbonyl (C=O) groups excluding carboxylic acids is 1. The Labute approximate surface area is 167 Å². The maximum atomic E-state index is 13.8. The van der Waals surface area contributed by atoms with E-state index < -0.39 is 70.6 Å². The number of halogens is 6. The molecular formula is C16H20F6O7S. The van der Waals surface area contributed by atoms with Crippen LogP contribution in [0.1, 0.15) is 32.1 Å². The Bertz CT molecular complexity index is 757. The van der Waals surface area contributed by atoms with E-state index in [-0.39, 0.29) is 38.0 Å². The Morgan fingerprint density at radius 2 is 1.47 bits per heavy atom. The minimum atomic E-state index is -5.84. The van der Waals surface area contributed by atoms with Gasteiger partial charge in [-0.25, -0.2) is 0 Å². The van der Waals surface area contributed by atoms with E-state index in [9.17, 15) is 39.6 Å². The SMILES string of the molecule is O=C(OCC(F)(F)S(=O)(=O)O)C12CC3CC(C1)OCC(F)(F)C(F)(F)COC(C3)C2. The molecule has 4 fully saturated rings. The lowest BCUT2D eigenvalue weighted by Crippen LogP contribution is -2.51. The van der Waals surface area contributed by atoms with E-state index in [4.69, 9.17) is 14.0 Å². The van der Waals surface area contributed by atoms with Crippen LogP contribution in [0.3, 0.4) is 0 Å². The summed E-state index contributed by atoms with van der Waals surface area (Å²) in [4.78, 5) is 12.6. The summed E-state index contributed by atoms with van der Waals surface area (Å²) < 4.78 is 127. The molecule has 174 valence electrons.